The molecule has 2 aromatic rings. The van der Waals surface area contributed by atoms with Crippen molar-refractivity contribution in [2.45, 2.75) is 24.4 Å². The third-order valence-electron chi connectivity index (χ3n) is 2.45. The Morgan fingerprint density at radius 1 is 1.19 bits per heavy atom. The molecule has 3 nitrogen and oxygen atoms in total. The minimum Gasteiger partial charge on any atom is -0.333 e. The van der Waals surface area contributed by atoms with Crippen molar-refractivity contribution >= 4 is 22.8 Å². The fourth-order valence-corrected chi connectivity index (χ4v) is 2.48. The van der Waals surface area contributed by atoms with E-state index in [0.717, 1.165) is 34.9 Å². The number of thioether (sulfide) groups is 1. The number of unbranched alkanes of at least 4 members (excludes halogenated alkanes) is 2. The van der Waals surface area contributed by atoms with Crippen LogP contribution in [0.1, 0.15) is 19.3 Å². The first-order valence-electron chi connectivity index (χ1n) is 5.68. The van der Waals surface area contributed by atoms with Crippen LogP contribution in [0, 0.1) is 0 Å². The van der Waals surface area contributed by atoms with Crippen LogP contribution in [-0.2, 0) is 0 Å². The molecule has 0 aliphatic heterocycles. The van der Waals surface area contributed by atoms with Gasteiger partial charge in [0.25, 0.3) is 0 Å². The van der Waals surface area contributed by atoms with Gasteiger partial charge >= 0.3 is 0 Å². The van der Waals surface area contributed by atoms with Gasteiger partial charge in [0.1, 0.15) is 0 Å². The number of fused-ring (bicyclic) bond motifs is 1. The van der Waals surface area contributed by atoms with E-state index in [1.54, 1.807) is 11.8 Å². The summed E-state index contributed by atoms with van der Waals surface area (Å²) in [7, 11) is 0. The van der Waals surface area contributed by atoms with Gasteiger partial charge in [-0.25, -0.2) is 4.98 Å². The van der Waals surface area contributed by atoms with Crippen LogP contribution in [0.5, 0.6) is 0 Å². The monoisotopic (exact) mass is 235 g/mol. The molecule has 0 fully saturated rings. The van der Waals surface area contributed by atoms with E-state index in [0.29, 0.717) is 0 Å². The van der Waals surface area contributed by atoms with Crippen LogP contribution in [0.25, 0.3) is 11.0 Å². The SMILES string of the molecule is NCCCCCSc1nc2ccccc2[nH]1. The molecule has 1 heterocycles. The molecular formula is C12H17N3S. The molecule has 1 aromatic heterocycles. The maximum atomic E-state index is 5.45. The van der Waals surface area contributed by atoms with E-state index in [-0.39, 0.29) is 0 Å². The first kappa shape index (κ1) is 11.5. The van der Waals surface area contributed by atoms with Gasteiger partial charge in [0.05, 0.1) is 11.0 Å². The molecule has 86 valence electrons. The summed E-state index contributed by atoms with van der Waals surface area (Å²) < 4.78 is 0. The Kier molecular flexibility index (Phi) is 4.25. The zero-order valence-corrected chi connectivity index (χ0v) is 10.1. The van der Waals surface area contributed by atoms with E-state index < -0.39 is 0 Å². The van der Waals surface area contributed by atoms with Gasteiger partial charge in [-0.2, -0.15) is 0 Å². The third kappa shape index (κ3) is 3.00. The van der Waals surface area contributed by atoms with Crippen LogP contribution in [0.3, 0.4) is 0 Å². The number of para-hydroxylation sites is 2. The van der Waals surface area contributed by atoms with E-state index in [1.807, 2.05) is 18.2 Å². The Labute approximate surface area is 99.8 Å². The Bertz CT molecular complexity index is 406. The molecular weight excluding hydrogens is 218 g/mol. The predicted octanol–water partition coefficient (Wildman–Crippen LogP) is 2.78. The molecule has 0 aliphatic rings. The number of hydrogen-bond acceptors (Lipinski definition) is 3. The molecule has 0 saturated carbocycles. The van der Waals surface area contributed by atoms with E-state index in [4.69, 9.17) is 5.73 Å². The summed E-state index contributed by atoms with van der Waals surface area (Å²) in [6.07, 6.45) is 3.54. The Hall–Kier alpha value is -1.00. The number of aromatic nitrogens is 2. The highest BCUT2D eigenvalue weighted by Gasteiger charge is 2.01. The molecule has 0 radical (unpaired) electrons. The van der Waals surface area contributed by atoms with Crippen molar-refractivity contribution in [2.24, 2.45) is 5.73 Å². The fourth-order valence-electron chi connectivity index (χ4n) is 1.59. The second-order valence-electron chi connectivity index (χ2n) is 3.76. The zero-order chi connectivity index (χ0) is 11.2. The summed E-state index contributed by atoms with van der Waals surface area (Å²) >= 11 is 1.79. The molecule has 0 amide bonds. The molecule has 0 atom stereocenters. The van der Waals surface area contributed by atoms with Crippen molar-refractivity contribution < 1.29 is 0 Å². The molecule has 1 aromatic carbocycles. The quantitative estimate of drug-likeness (QED) is 0.598. The lowest BCUT2D eigenvalue weighted by Gasteiger charge is -1.97. The highest BCUT2D eigenvalue weighted by Crippen LogP contribution is 2.20. The van der Waals surface area contributed by atoms with Gasteiger partial charge in [-0.05, 0) is 31.5 Å². The number of H-pyrrole nitrogens is 1. The van der Waals surface area contributed by atoms with E-state index >= 15 is 0 Å². The Morgan fingerprint density at radius 2 is 2.06 bits per heavy atom. The molecule has 2 rings (SSSR count). The van der Waals surface area contributed by atoms with Crippen molar-refractivity contribution in [3.63, 3.8) is 0 Å². The first-order valence-corrected chi connectivity index (χ1v) is 6.66. The number of nitrogens with two attached hydrogens (primary N) is 1. The van der Waals surface area contributed by atoms with Crippen molar-refractivity contribution in [2.75, 3.05) is 12.3 Å². The maximum absolute atomic E-state index is 5.45. The second-order valence-corrected chi connectivity index (χ2v) is 4.84. The van der Waals surface area contributed by atoms with E-state index in [2.05, 4.69) is 16.0 Å². The smallest absolute Gasteiger partial charge is 0.166 e. The second kappa shape index (κ2) is 5.92. The summed E-state index contributed by atoms with van der Waals surface area (Å²) in [6.45, 7) is 0.801. The highest BCUT2D eigenvalue weighted by molar-refractivity contribution is 7.99. The average Bonchev–Trinajstić information content (AvgIpc) is 2.71. The number of nitrogens with one attached hydrogen (secondary N) is 1. The molecule has 0 spiro atoms. The summed E-state index contributed by atoms with van der Waals surface area (Å²) in [5.41, 5.74) is 7.61. The van der Waals surface area contributed by atoms with Gasteiger partial charge in [-0.15, -0.1) is 0 Å². The first-order chi connectivity index (χ1) is 7.90. The van der Waals surface area contributed by atoms with Gasteiger partial charge in [-0.1, -0.05) is 30.3 Å². The van der Waals surface area contributed by atoms with Crippen LogP contribution < -0.4 is 5.73 Å². The zero-order valence-electron chi connectivity index (χ0n) is 9.28. The Morgan fingerprint density at radius 3 is 2.88 bits per heavy atom. The number of nitrogens with zero attached hydrogens (tertiary/aromatic N) is 1. The van der Waals surface area contributed by atoms with Crippen LogP contribution in [-0.4, -0.2) is 22.3 Å². The van der Waals surface area contributed by atoms with Gasteiger partial charge in [0.2, 0.25) is 0 Å². The molecule has 0 unspecified atom stereocenters. The highest BCUT2D eigenvalue weighted by atomic mass is 32.2. The number of imidazole rings is 1. The predicted molar refractivity (Wildman–Crippen MR) is 69.7 cm³/mol. The number of benzene rings is 1. The summed E-state index contributed by atoms with van der Waals surface area (Å²) in [6, 6.07) is 8.13. The topological polar surface area (TPSA) is 54.7 Å². The fraction of sp³-hybridized carbons (Fsp3) is 0.417. The third-order valence-corrected chi connectivity index (χ3v) is 3.41. The molecule has 0 saturated heterocycles. The molecule has 16 heavy (non-hydrogen) atoms. The van der Waals surface area contributed by atoms with Gasteiger partial charge in [-0.3, -0.25) is 0 Å². The van der Waals surface area contributed by atoms with Crippen LogP contribution in [0.15, 0.2) is 29.4 Å². The van der Waals surface area contributed by atoms with Gasteiger partial charge < -0.3 is 10.7 Å². The lowest BCUT2D eigenvalue weighted by molar-refractivity contribution is 0.732. The molecule has 4 heteroatoms. The summed E-state index contributed by atoms with van der Waals surface area (Å²) in [5, 5.41) is 1.02. The lowest BCUT2D eigenvalue weighted by Crippen LogP contribution is -1.97. The number of rotatable bonds is 6. The normalized spacial score (nSPS) is 11.1. The molecule has 3 N–H and O–H groups in total. The lowest BCUT2D eigenvalue weighted by atomic mass is 10.2. The summed E-state index contributed by atoms with van der Waals surface area (Å²) in [4.78, 5) is 7.83. The van der Waals surface area contributed by atoms with Crippen LogP contribution in [0.4, 0.5) is 0 Å². The number of hydrogen-bond donors (Lipinski definition) is 2. The van der Waals surface area contributed by atoms with Gasteiger partial charge in [0, 0.05) is 5.75 Å². The number of aromatic amines is 1. The summed E-state index contributed by atoms with van der Waals surface area (Å²) in [5.74, 6) is 1.11. The molecule has 0 aliphatic carbocycles. The maximum Gasteiger partial charge on any atom is 0.166 e. The van der Waals surface area contributed by atoms with Crippen molar-refractivity contribution in [1.29, 1.82) is 0 Å². The standard InChI is InChI=1S/C12H17N3S/c13-8-4-1-5-9-16-12-14-10-6-2-3-7-11(10)15-12/h2-3,6-7H,1,4-5,8-9,13H2,(H,14,15). The minimum absolute atomic E-state index is 0.801. The Balaban J connectivity index is 1.85. The van der Waals surface area contributed by atoms with Crippen molar-refractivity contribution in [1.82, 2.24) is 9.97 Å². The van der Waals surface area contributed by atoms with Gasteiger partial charge in [0.15, 0.2) is 5.16 Å². The largest absolute Gasteiger partial charge is 0.333 e. The van der Waals surface area contributed by atoms with E-state index in [9.17, 15) is 0 Å². The average molecular weight is 235 g/mol. The van der Waals surface area contributed by atoms with E-state index in [1.165, 1.54) is 12.8 Å². The molecule has 0 bridgehead atoms. The minimum atomic E-state index is 0.801. The van der Waals surface area contributed by atoms with Crippen LogP contribution in [0.2, 0.25) is 0 Å². The van der Waals surface area contributed by atoms with Crippen molar-refractivity contribution in [3.05, 3.63) is 24.3 Å². The van der Waals surface area contributed by atoms with Crippen molar-refractivity contribution in [3.8, 4) is 0 Å². The van der Waals surface area contributed by atoms with Crippen LogP contribution >= 0.6 is 11.8 Å².